The van der Waals surface area contributed by atoms with Crippen LogP contribution in [0, 0.1) is 5.92 Å². The molecule has 0 heterocycles. The summed E-state index contributed by atoms with van der Waals surface area (Å²) in [5.74, 6) is 0.858. The minimum atomic E-state index is -0.656. The summed E-state index contributed by atoms with van der Waals surface area (Å²) in [6.45, 7) is 9.64. The first kappa shape index (κ1) is 21.6. The highest BCUT2D eigenvalue weighted by Crippen LogP contribution is 2.25. The number of alkyl carbamates (subject to hydrolysis) is 1. The van der Waals surface area contributed by atoms with Crippen LogP contribution >= 0.6 is 11.8 Å². The van der Waals surface area contributed by atoms with E-state index in [4.69, 9.17) is 4.74 Å². The lowest BCUT2D eigenvalue weighted by molar-refractivity contribution is 0.0426. The zero-order chi connectivity index (χ0) is 20.0. The maximum atomic E-state index is 12.1. The number of rotatable bonds is 7. The molecule has 5 heteroatoms. The summed E-state index contributed by atoms with van der Waals surface area (Å²) in [7, 11) is 0. The van der Waals surface area contributed by atoms with E-state index in [0.29, 0.717) is 18.1 Å². The van der Waals surface area contributed by atoms with Crippen molar-refractivity contribution in [3.63, 3.8) is 0 Å². The van der Waals surface area contributed by atoms with Crippen LogP contribution in [0.3, 0.4) is 0 Å². The molecule has 0 aromatic heterocycles. The lowest BCUT2D eigenvalue weighted by Crippen LogP contribution is -2.47. The number of fused-ring (bicyclic) bond motifs is 1. The topological polar surface area (TPSA) is 58.6 Å². The molecule has 0 aliphatic rings. The van der Waals surface area contributed by atoms with Gasteiger partial charge in [-0.25, -0.2) is 4.79 Å². The van der Waals surface area contributed by atoms with E-state index in [1.807, 2.05) is 32.9 Å². The van der Waals surface area contributed by atoms with Gasteiger partial charge in [-0.2, -0.15) is 0 Å². The third kappa shape index (κ3) is 7.43. The van der Waals surface area contributed by atoms with Crippen LogP contribution in [-0.4, -0.2) is 34.7 Å². The number of nitrogens with one attached hydrogen (secondary N) is 1. The van der Waals surface area contributed by atoms with Gasteiger partial charge < -0.3 is 15.2 Å². The van der Waals surface area contributed by atoms with E-state index >= 15 is 0 Å². The highest BCUT2D eigenvalue weighted by atomic mass is 32.2. The Bertz CT molecular complexity index is 755. The second kappa shape index (κ2) is 9.47. The standard InChI is InChI=1S/C22H31NO3S/c1-15(2)12-19(23-21(25)26-22(3,4)5)20(24)14-27-18-11-10-16-8-6-7-9-17(16)13-18/h6-11,13,15,19-20,24H,12,14H2,1-5H3,(H,23,25). The molecular formula is C22H31NO3S. The maximum Gasteiger partial charge on any atom is 0.407 e. The normalized spacial score (nSPS) is 14.2. The number of ether oxygens (including phenoxy) is 1. The predicted molar refractivity (Wildman–Crippen MR) is 113 cm³/mol. The van der Waals surface area contributed by atoms with Crippen molar-refractivity contribution in [3.05, 3.63) is 42.5 Å². The van der Waals surface area contributed by atoms with Gasteiger partial charge in [0.2, 0.25) is 0 Å². The molecule has 2 aromatic carbocycles. The van der Waals surface area contributed by atoms with Crippen molar-refractivity contribution >= 4 is 28.6 Å². The number of hydrogen-bond acceptors (Lipinski definition) is 4. The highest BCUT2D eigenvalue weighted by molar-refractivity contribution is 7.99. The van der Waals surface area contributed by atoms with E-state index < -0.39 is 17.8 Å². The molecule has 2 N–H and O–H groups in total. The van der Waals surface area contributed by atoms with Crippen LogP contribution in [-0.2, 0) is 4.74 Å². The monoisotopic (exact) mass is 389 g/mol. The van der Waals surface area contributed by atoms with E-state index in [2.05, 4.69) is 49.5 Å². The molecule has 0 radical (unpaired) electrons. The van der Waals surface area contributed by atoms with Crippen molar-refractivity contribution in [2.75, 3.05) is 5.75 Å². The van der Waals surface area contributed by atoms with E-state index in [1.165, 1.54) is 10.8 Å². The van der Waals surface area contributed by atoms with E-state index in [9.17, 15) is 9.90 Å². The number of aliphatic hydroxyl groups excluding tert-OH is 1. The Hall–Kier alpha value is -1.72. The molecule has 0 fully saturated rings. The van der Waals surface area contributed by atoms with Crippen molar-refractivity contribution in [2.45, 2.75) is 63.7 Å². The number of carbonyl (C=O) groups is 1. The van der Waals surface area contributed by atoms with Crippen LogP contribution in [0.4, 0.5) is 4.79 Å². The number of thioether (sulfide) groups is 1. The third-order valence-corrected chi connectivity index (χ3v) is 5.13. The van der Waals surface area contributed by atoms with Gasteiger partial charge in [0.25, 0.3) is 0 Å². The molecule has 0 spiro atoms. The van der Waals surface area contributed by atoms with Gasteiger partial charge in [0.05, 0.1) is 12.1 Å². The summed E-state index contributed by atoms with van der Waals surface area (Å²) in [6, 6.07) is 14.2. The highest BCUT2D eigenvalue weighted by Gasteiger charge is 2.25. The number of aliphatic hydroxyl groups is 1. The first-order chi connectivity index (χ1) is 12.6. The van der Waals surface area contributed by atoms with E-state index in [1.54, 1.807) is 11.8 Å². The van der Waals surface area contributed by atoms with Gasteiger partial charge in [-0.05, 0) is 56.0 Å². The van der Waals surface area contributed by atoms with Crippen LogP contribution in [0.5, 0.6) is 0 Å². The second-order valence-electron chi connectivity index (χ2n) is 8.27. The predicted octanol–water partition coefficient (Wildman–Crippen LogP) is 5.23. The summed E-state index contributed by atoms with van der Waals surface area (Å²) >= 11 is 1.60. The molecule has 2 aromatic rings. The van der Waals surface area contributed by atoms with Crippen LogP contribution < -0.4 is 5.32 Å². The minimum absolute atomic E-state index is 0.340. The average Bonchev–Trinajstić information content (AvgIpc) is 2.56. The molecule has 0 aliphatic carbocycles. The first-order valence-electron chi connectivity index (χ1n) is 9.43. The fraction of sp³-hybridized carbons (Fsp3) is 0.500. The molecule has 0 saturated heterocycles. The molecule has 2 unspecified atom stereocenters. The Morgan fingerprint density at radius 1 is 1.15 bits per heavy atom. The van der Waals surface area contributed by atoms with Crippen LogP contribution in [0.1, 0.15) is 41.0 Å². The molecule has 0 saturated carbocycles. The van der Waals surface area contributed by atoms with E-state index in [-0.39, 0.29) is 6.04 Å². The smallest absolute Gasteiger partial charge is 0.407 e. The minimum Gasteiger partial charge on any atom is -0.444 e. The molecule has 0 aliphatic heterocycles. The van der Waals surface area contributed by atoms with Gasteiger partial charge in [0, 0.05) is 10.6 Å². The number of hydrogen-bond donors (Lipinski definition) is 2. The zero-order valence-corrected chi connectivity index (χ0v) is 17.7. The number of benzene rings is 2. The van der Waals surface area contributed by atoms with Crippen molar-refractivity contribution in [1.82, 2.24) is 5.32 Å². The Labute approximate surface area is 166 Å². The molecule has 2 atom stereocenters. The molecule has 0 bridgehead atoms. The van der Waals surface area contributed by atoms with Gasteiger partial charge in [-0.1, -0.05) is 44.2 Å². The summed E-state index contributed by atoms with van der Waals surface area (Å²) in [5.41, 5.74) is -0.558. The van der Waals surface area contributed by atoms with Crippen molar-refractivity contribution in [3.8, 4) is 0 Å². The van der Waals surface area contributed by atoms with E-state index in [0.717, 1.165) is 4.90 Å². The van der Waals surface area contributed by atoms with Crippen molar-refractivity contribution < 1.29 is 14.6 Å². The lowest BCUT2D eigenvalue weighted by atomic mass is 10.0. The number of carbonyl (C=O) groups excluding carboxylic acids is 1. The molecule has 2 rings (SSSR count). The van der Waals surface area contributed by atoms with Gasteiger partial charge in [0.15, 0.2) is 0 Å². The Morgan fingerprint density at radius 2 is 1.81 bits per heavy atom. The molecule has 148 valence electrons. The molecule has 27 heavy (non-hydrogen) atoms. The third-order valence-electron chi connectivity index (χ3n) is 4.03. The summed E-state index contributed by atoms with van der Waals surface area (Å²) in [6.07, 6.45) is -0.446. The fourth-order valence-corrected chi connectivity index (χ4v) is 3.80. The second-order valence-corrected chi connectivity index (χ2v) is 9.36. The lowest BCUT2D eigenvalue weighted by Gasteiger charge is -2.27. The Kier molecular flexibility index (Phi) is 7.57. The molecular weight excluding hydrogens is 358 g/mol. The fourth-order valence-electron chi connectivity index (χ4n) is 2.83. The zero-order valence-electron chi connectivity index (χ0n) is 16.9. The van der Waals surface area contributed by atoms with Crippen LogP contribution in [0.25, 0.3) is 10.8 Å². The van der Waals surface area contributed by atoms with Crippen molar-refractivity contribution in [1.29, 1.82) is 0 Å². The van der Waals surface area contributed by atoms with Gasteiger partial charge >= 0.3 is 6.09 Å². The summed E-state index contributed by atoms with van der Waals surface area (Å²) < 4.78 is 5.34. The first-order valence-corrected chi connectivity index (χ1v) is 10.4. The van der Waals surface area contributed by atoms with Crippen molar-refractivity contribution in [2.24, 2.45) is 5.92 Å². The van der Waals surface area contributed by atoms with Crippen LogP contribution in [0.2, 0.25) is 0 Å². The molecule has 1 amide bonds. The average molecular weight is 390 g/mol. The van der Waals surface area contributed by atoms with Crippen LogP contribution in [0.15, 0.2) is 47.4 Å². The summed E-state index contributed by atoms with van der Waals surface area (Å²) in [5, 5.41) is 15.9. The van der Waals surface area contributed by atoms with Gasteiger partial charge in [-0.3, -0.25) is 0 Å². The Morgan fingerprint density at radius 3 is 2.44 bits per heavy atom. The Balaban J connectivity index is 1.99. The molecule has 4 nitrogen and oxygen atoms in total. The maximum absolute atomic E-state index is 12.1. The van der Waals surface area contributed by atoms with Gasteiger partial charge in [0.1, 0.15) is 5.60 Å². The van der Waals surface area contributed by atoms with Gasteiger partial charge in [-0.15, -0.1) is 11.8 Å². The summed E-state index contributed by atoms with van der Waals surface area (Å²) in [4.78, 5) is 13.2. The SMILES string of the molecule is CC(C)CC(NC(=O)OC(C)(C)C)C(O)CSc1ccc2ccccc2c1. The number of amides is 1. The quantitative estimate of drug-likeness (QED) is 0.637. The largest absolute Gasteiger partial charge is 0.444 e.